The Morgan fingerprint density at radius 3 is 2.68 bits per heavy atom. The first kappa shape index (κ1) is 17.3. The van der Waals surface area contributed by atoms with Crippen LogP contribution in [0.5, 0.6) is 0 Å². The minimum absolute atomic E-state index is 0.00177. The van der Waals surface area contributed by atoms with E-state index in [9.17, 15) is 13.2 Å². The summed E-state index contributed by atoms with van der Waals surface area (Å²) in [6.07, 6.45) is 2.93. The molecule has 0 amide bonds. The van der Waals surface area contributed by atoms with E-state index in [0.717, 1.165) is 11.3 Å². The van der Waals surface area contributed by atoms with Gasteiger partial charge in [-0.2, -0.15) is 0 Å². The summed E-state index contributed by atoms with van der Waals surface area (Å²) in [5, 5.41) is 0. The first-order chi connectivity index (χ1) is 10.3. The molecule has 0 aliphatic rings. The first-order valence-corrected chi connectivity index (χ1v) is 10.0. The number of rotatable bonds is 4. The molecule has 0 aliphatic carbocycles. The molecule has 118 valence electrons. The van der Waals surface area contributed by atoms with E-state index in [1.165, 1.54) is 37.2 Å². The Balaban J connectivity index is 2.60. The van der Waals surface area contributed by atoms with Gasteiger partial charge in [0.25, 0.3) is 0 Å². The van der Waals surface area contributed by atoms with Crippen LogP contribution in [0.4, 0.5) is 5.82 Å². The number of carbonyl (C=O) groups excluding carboxylic acids is 1. The molecule has 0 aromatic carbocycles. The van der Waals surface area contributed by atoms with Crippen LogP contribution in [-0.4, -0.2) is 32.7 Å². The molecule has 0 bridgehead atoms. The van der Waals surface area contributed by atoms with E-state index in [4.69, 9.17) is 5.73 Å². The smallest absolute Gasteiger partial charge is 0.348 e. The minimum Gasteiger partial charge on any atom is -0.465 e. The quantitative estimate of drug-likeness (QED) is 0.596. The predicted molar refractivity (Wildman–Crippen MR) is 89.2 cm³/mol. The van der Waals surface area contributed by atoms with Gasteiger partial charge in [-0.1, -0.05) is 0 Å². The minimum atomic E-state index is -3.81. The Hall–Kier alpha value is -1.10. The molecule has 2 aromatic heterocycles. The highest BCUT2D eigenvalue weighted by Crippen LogP contribution is 2.37. The second kappa shape index (κ2) is 6.57. The number of nitrogens with zero attached hydrogens (tertiary/aromatic N) is 1. The van der Waals surface area contributed by atoms with Crippen LogP contribution in [0, 0.1) is 0 Å². The molecular weight excluding hydrogens is 412 g/mol. The lowest BCUT2D eigenvalue weighted by Gasteiger charge is -2.05. The van der Waals surface area contributed by atoms with Gasteiger partial charge in [-0.25, -0.2) is 18.2 Å². The average molecular weight is 423 g/mol. The Morgan fingerprint density at radius 1 is 1.45 bits per heavy atom. The van der Waals surface area contributed by atoms with Gasteiger partial charge in [0.2, 0.25) is 9.84 Å². The second-order valence-electron chi connectivity index (χ2n) is 4.00. The first-order valence-electron chi connectivity index (χ1n) is 5.73. The van der Waals surface area contributed by atoms with Crippen LogP contribution >= 0.6 is 39.0 Å². The molecule has 0 fully saturated rings. The van der Waals surface area contributed by atoms with Gasteiger partial charge in [0, 0.05) is 6.20 Å². The van der Waals surface area contributed by atoms with Crippen molar-refractivity contribution in [3.63, 3.8) is 0 Å². The third kappa shape index (κ3) is 3.14. The number of aromatic nitrogens is 1. The van der Waals surface area contributed by atoms with E-state index in [1.54, 1.807) is 6.26 Å². The molecule has 2 aromatic rings. The molecule has 0 unspecified atom stereocenters. The fourth-order valence-electron chi connectivity index (χ4n) is 1.59. The summed E-state index contributed by atoms with van der Waals surface area (Å²) in [7, 11) is -2.56. The average Bonchev–Trinajstić information content (AvgIpc) is 2.94. The molecule has 6 nitrogen and oxygen atoms in total. The van der Waals surface area contributed by atoms with Gasteiger partial charge in [-0.3, -0.25) is 0 Å². The molecule has 0 atom stereocenters. The van der Waals surface area contributed by atoms with Gasteiger partial charge in [-0.15, -0.1) is 23.1 Å². The number of pyridine rings is 1. The molecule has 22 heavy (non-hydrogen) atoms. The van der Waals surface area contributed by atoms with Crippen molar-refractivity contribution in [1.82, 2.24) is 4.98 Å². The number of thiophene rings is 1. The highest BCUT2D eigenvalue weighted by Gasteiger charge is 2.27. The maximum atomic E-state index is 12.7. The lowest BCUT2D eigenvalue weighted by molar-refractivity contribution is 0.0606. The van der Waals surface area contributed by atoms with E-state index >= 15 is 0 Å². The maximum Gasteiger partial charge on any atom is 0.348 e. The van der Waals surface area contributed by atoms with Gasteiger partial charge in [0.05, 0.1) is 25.6 Å². The highest BCUT2D eigenvalue weighted by atomic mass is 79.9. The number of hydrogen-bond acceptors (Lipinski definition) is 8. The third-order valence-corrected chi connectivity index (χ3v) is 7.57. The normalized spacial score (nSPS) is 11.4. The summed E-state index contributed by atoms with van der Waals surface area (Å²) in [5.41, 5.74) is 5.57. The summed E-state index contributed by atoms with van der Waals surface area (Å²) in [6.45, 7) is 0. The number of anilines is 1. The number of thioether (sulfide) groups is 1. The van der Waals surface area contributed by atoms with Crippen molar-refractivity contribution >= 4 is 60.7 Å². The van der Waals surface area contributed by atoms with Crippen LogP contribution in [0.25, 0.3) is 0 Å². The molecule has 0 aliphatic heterocycles. The Bertz CT molecular complexity index is 833. The Labute approximate surface area is 144 Å². The molecule has 0 saturated heterocycles. The van der Waals surface area contributed by atoms with E-state index in [0.29, 0.717) is 8.68 Å². The number of hydrogen-bond donors (Lipinski definition) is 1. The van der Waals surface area contributed by atoms with Crippen LogP contribution in [0.1, 0.15) is 9.67 Å². The summed E-state index contributed by atoms with van der Waals surface area (Å²) in [4.78, 5) is 15.7. The topological polar surface area (TPSA) is 99.4 Å². The molecule has 2 heterocycles. The lowest BCUT2D eigenvalue weighted by Crippen LogP contribution is -2.04. The number of sulfone groups is 1. The van der Waals surface area contributed by atoms with Crippen molar-refractivity contribution in [2.75, 3.05) is 19.1 Å². The number of nitrogen functional groups attached to an aromatic ring is 1. The Kier molecular flexibility index (Phi) is 5.15. The fraction of sp³-hybridized carbons (Fsp3) is 0.167. The maximum absolute atomic E-state index is 12.7. The standard InChI is InChI=1S/C12H11BrN2O4S3/c1-19-11(16)8-4-9(12(20-2)21-8)22(17,18)6-3-7(13)10(14)15-5-6/h3-5H,1-2H3,(H2,14,15). The molecule has 0 saturated carbocycles. The molecule has 0 radical (unpaired) electrons. The zero-order chi connectivity index (χ0) is 16.5. The van der Waals surface area contributed by atoms with Crippen LogP contribution < -0.4 is 5.73 Å². The van der Waals surface area contributed by atoms with Gasteiger partial charge in [-0.05, 0) is 34.3 Å². The van der Waals surface area contributed by atoms with Gasteiger partial charge in [0.15, 0.2) is 0 Å². The van der Waals surface area contributed by atoms with Crippen molar-refractivity contribution < 1.29 is 17.9 Å². The number of halogens is 1. The van der Waals surface area contributed by atoms with Crippen LogP contribution in [0.3, 0.4) is 0 Å². The van der Waals surface area contributed by atoms with Crippen LogP contribution in [-0.2, 0) is 14.6 Å². The zero-order valence-electron chi connectivity index (χ0n) is 11.5. The number of nitrogens with two attached hydrogens (primary N) is 1. The second-order valence-corrected chi connectivity index (χ2v) is 8.90. The Morgan fingerprint density at radius 2 is 2.14 bits per heavy atom. The summed E-state index contributed by atoms with van der Waals surface area (Å²) in [6, 6.07) is 2.71. The van der Waals surface area contributed by atoms with Crippen molar-refractivity contribution in [1.29, 1.82) is 0 Å². The molecule has 2 rings (SSSR count). The summed E-state index contributed by atoms with van der Waals surface area (Å²) in [5.74, 6) is -0.372. The SMILES string of the molecule is COC(=O)c1cc(S(=O)(=O)c2cnc(N)c(Br)c2)c(SC)s1. The number of ether oxygens (including phenoxy) is 1. The fourth-order valence-corrected chi connectivity index (χ4v) is 5.98. The van der Waals surface area contributed by atoms with Gasteiger partial charge in [0.1, 0.15) is 10.7 Å². The number of esters is 1. The molecule has 10 heteroatoms. The van der Waals surface area contributed by atoms with Crippen molar-refractivity contribution in [3.8, 4) is 0 Å². The zero-order valence-corrected chi connectivity index (χ0v) is 15.5. The van der Waals surface area contributed by atoms with E-state index in [1.807, 2.05) is 0 Å². The predicted octanol–water partition coefficient (Wildman–Crippen LogP) is 2.83. The van der Waals surface area contributed by atoms with Crippen LogP contribution in [0.2, 0.25) is 0 Å². The van der Waals surface area contributed by atoms with E-state index in [2.05, 4.69) is 25.7 Å². The third-order valence-electron chi connectivity index (χ3n) is 2.68. The van der Waals surface area contributed by atoms with Crippen molar-refractivity contribution in [2.24, 2.45) is 0 Å². The van der Waals surface area contributed by atoms with Gasteiger partial charge < -0.3 is 10.5 Å². The summed E-state index contributed by atoms with van der Waals surface area (Å²) >= 11 is 5.48. The monoisotopic (exact) mass is 422 g/mol. The van der Waals surface area contributed by atoms with Gasteiger partial charge >= 0.3 is 5.97 Å². The lowest BCUT2D eigenvalue weighted by atomic mass is 10.5. The number of carbonyl (C=O) groups is 1. The van der Waals surface area contributed by atoms with Crippen LogP contribution in [0.15, 0.2) is 36.8 Å². The number of methoxy groups -OCH3 is 1. The molecule has 0 spiro atoms. The largest absolute Gasteiger partial charge is 0.465 e. The summed E-state index contributed by atoms with van der Waals surface area (Å²) < 4.78 is 31.0. The van der Waals surface area contributed by atoms with E-state index < -0.39 is 15.8 Å². The molecule has 2 N–H and O–H groups in total. The highest BCUT2D eigenvalue weighted by molar-refractivity contribution is 9.10. The van der Waals surface area contributed by atoms with E-state index in [-0.39, 0.29) is 20.5 Å². The molecular formula is C12H11BrN2O4S3. The van der Waals surface area contributed by atoms with Crippen molar-refractivity contribution in [3.05, 3.63) is 27.7 Å². The van der Waals surface area contributed by atoms with Crippen molar-refractivity contribution in [2.45, 2.75) is 14.0 Å².